The van der Waals surface area contributed by atoms with Crippen molar-refractivity contribution in [1.82, 2.24) is 0 Å². The molecule has 5 heteroatoms. The molecule has 0 aromatic heterocycles. The fourth-order valence-electron chi connectivity index (χ4n) is 1.83. The van der Waals surface area contributed by atoms with E-state index in [1.165, 1.54) is 25.3 Å². The van der Waals surface area contributed by atoms with E-state index < -0.39 is 11.6 Å². The molecular formula is C15H15F2NO2. The lowest BCUT2D eigenvalue weighted by Crippen LogP contribution is -2.05. The first kappa shape index (κ1) is 14.3. The molecule has 20 heavy (non-hydrogen) atoms. The van der Waals surface area contributed by atoms with Crippen molar-refractivity contribution < 1.29 is 18.3 Å². The van der Waals surface area contributed by atoms with Gasteiger partial charge in [-0.25, -0.2) is 8.78 Å². The van der Waals surface area contributed by atoms with Crippen LogP contribution in [0.5, 0.6) is 11.5 Å². The Morgan fingerprint density at radius 2 is 1.85 bits per heavy atom. The van der Waals surface area contributed by atoms with E-state index in [1.807, 2.05) is 0 Å². The third kappa shape index (κ3) is 3.05. The van der Waals surface area contributed by atoms with E-state index in [1.54, 1.807) is 18.2 Å². The van der Waals surface area contributed by atoms with Crippen LogP contribution in [0.1, 0.15) is 11.1 Å². The third-order valence-electron chi connectivity index (χ3n) is 2.89. The van der Waals surface area contributed by atoms with Gasteiger partial charge in [0.1, 0.15) is 18.2 Å². The molecule has 0 aliphatic rings. The highest BCUT2D eigenvalue weighted by Crippen LogP contribution is 2.23. The maximum atomic E-state index is 13.5. The molecule has 0 bridgehead atoms. The second kappa shape index (κ2) is 6.34. The molecule has 0 radical (unpaired) electrons. The van der Waals surface area contributed by atoms with Gasteiger partial charge >= 0.3 is 0 Å². The van der Waals surface area contributed by atoms with Crippen molar-refractivity contribution in [2.45, 2.75) is 13.2 Å². The third-order valence-corrected chi connectivity index (χ3v) is 2.89. The fraction of sp³-hybridized carbons (Fsp3) is 0.200. The van der Waals surface area contributed by atoms with Crippen LogP contribution in [0.3, 0.4) is 0 Å². The molecule has 0 atom stereocenters. The predicted octanol–water partition coefficient (Wildman–Crippen LogP) is 3.01. The van der Waals surface area contributed by atoms with E-state index >= 15 is 0 Å². The Hall–Kier alpha value is -2.14. The minimum absolute atomic E-state index is 0.0407. The molecule has 0 amide bonds. The summed E-state index contributed by atoms with van der Waals surface area (Å²) in [6.45, 7) is 0.163. The van der Waals surface area contributed by atoms with Gasteiger partial charge < -0.3 is 15.2 Å². The van der Waals surface area contributed by atoms with Crippen molar-refractivity contribution in [3.8, 4) is 11.5 Å². The molecule has 3 nitrogen and oxygen atoms in total. The van der Waals surface area contributed by atoms with Crippen LogP contribution >= 0.6 is 0 Å². The highest BCUT2D eigenvalue weighted by atomic mass is 19.1. The minimum atomic E-state index is -0.466. The van der Waals surface area contributed by atoms with Gasteiger partial charge in [-0.05, 0) is 29.8 Å². The quantitative estimate of drug-likeness (QED) is 0.915. The highest BCUT2D eigenvalue weighted by Gasteiger charge is 2.09. The van der Waals surface area contributed by atoms with Crippen LogP contribution in [0, 0.1) is 11.6 Å². The Morgan fingerprint density at radius 3 is 2.50 bits per heavy atom. The zero-order chi connectivity index (χ0) is 14.5. The number of hydrogen-bond donors (Lipinski definition) is 1. The van der Waals surface area contributed by atoms with Crippen molar-refractivity contribution >= 4 is 0 Å². The van der Waals surface area contributed by atoms with E-state index in [2.05, 4.69) is 0 Å². The van der Waals surface area contributed by atoms with Gasteiger partial charge in [0, 0.05) is 12.1 Å². The molecule has 2 aromatic rings. The van der Waals surface area contributed by atoms with Crippen molar-refractivity contribution in [1.29, 1.82) is 0 Å². The molecule has 0 aliphatic carbocycles. The second-order valence-electron chi connectivity index (χ2n) is 4.18. The first-order valence-corrected chi connectivity index (χ1v) is 6.08. The minimum Gasteiger partial charge on any atom is -0.494 e. The van der Waals surface area contributed by atoms with Crippen molar-refractivity contribution in [2.24, 2.45) is 5.73 Å². The largest absolute Gasteiger partial charge is 0.494 e. The number of nitrogens with two attached hydrogens (primary N) is 1. The van der Waals surface area contributed by atoms with Crippen molar-refractivity contribution in [3.63, 3.8) is 0 Å². The van der Waals surface area contributed by atoms with Crippen LogP contribution in [0.25, 0.3) is 0 Å². The highest BCUT2D eigenvalue weighted by molar-refractivity contribution is 5.35. The molecule has 2 rings (SSSR count). The van der Waals surface area contributed by atoms with Crippen LogP contribution < -0.4 is 15.2 Å². The predicted molar refractivity (Wildman–Crippen MR) is 71.6 cm³/mol. The van der Waals surface area contributed by atoms with E-state index in [0.717, 1.165) is 0 Å². The summed E-state index contributed by atoms with van der Waals surface area (Å²) in [4.78, 5) is 0. The maximum Gasteiger partial charge on any atom is 0.165 e. The Labute approximate surface area is 115 Å². The summed E-state index contributed by atoms with van der Waals surface area (Å²) in [5, 5.41) is 0. The van der Waals surface area contributed by atoms with Crippen molar-refractivity contribution in [2.75, 3.05) is 7.11 Å². The van der Waals surface area contributed by atoms with Gasteiger partial charge in [-0.3, -0.25) is 0 Å². The molecule has 0 saturated heterocycles. The molecule has 0 heterocycles. The Balaban J connectivity index is 2.13. The zero-order valence-electron chi connectivity index (χ0n) is 11.0. The molecular weight excluding hydrogens is 264 g/mol. The Kier molecular flexibility index (Phi) is 4.53. The maximum absolute atomic E-state index is 13.5. The fourth-order valence-corrected chi connectivity index (χ4v) is 1.83. The SMILES string of the molecule is COc1ccc(COc2cccc(F)c2CN)cc1F. The van der Waals surface area contributed by atoms with E-state index in [9.17, 15) is 8.78 Å². The van der Waals surface area contributed by atoms with Gasteiger partial charge in [0.05, 0.1) is 7.11 Å². The van der Waals surface area contributed by atoms with E-state index in [4.69, 9.17) is 15.2 Å². The molecule has 2 aromatic carbocycles. The molecule has 106 valence electrons. The van der Waals surface area contributed by atoms with Crippen LogP contribution in [0.4, 0.5) is 8.78 Å². The first-order valence-electron chi connectivity index (χ1n) is 6.08. The summed E-state index contributed by atoms with van der Waals surface area (Å²) in [5.41, 5.74) is 6.41. The average molecular weight is 279 g/mol. The lowest BCUT2D eigenvalue weighted by atomic mass is 10.2. The monoisotopic (exact) mass is 279 g/mol. The summed E-state index contributed by atoms with van der Waals surface area (Å²) < 4.78 is 37.4. The van der Waals surface area contributed by atoms with Crippen LogP contribution in [0.2, 0.25) is 0 Å². The van der Waals surface area contributed by atoms with E-state index in [-0.39, 0.29) is 18.9 Å². The number of hydrogen-bond acceptors (Lipinski definition) is 3. The van der Waals surface area contributed by atoms with Crippen LogP contribution in [-0.4, -0.2) is 7.11 Å². The number of rotatable bonds is 5. The molecule has 0 aliphatic heterocycles. The summed E-state index contributed by atoms with van der Waals surface area (Å²) >= 11 is 0. The van der Waals surface area contributed by atoms with Crippen LogP contribution in [-0.2, 0) is 13.2 Å². The number of benzene rings is 2. The Morgan fingerprint density at radius 1 is 1.05 bits per heavy atom. The first-order chi connectivity index (χ1) is 9.65. The molecule has 0 unspecified atom stereocenters. The average Bonchev–Trinajstić information content (AvgIpc) is 2.45. The lowest BCUT2D eigenvalue weighted by Gasteiger charge is -2.11. The second-order valence-corrected chi connectivity index (χ2v) is 4.18. The number of halogens is 2. The lowest BCUT2D eigenvalue weighted by molar-refractivity contribution is 0.299. The van der Waals surface area contributed by atoms with Gasteiger partial charge in [0.25, 0.3) is 0 Å². The topological polar surface area (TPSA) is 44.5 Å². The van der Waals surface area contributed by atoms with Crippen LogP contribution in [0.15, 0.2) is 36.4 Å². The molecule has 0 spiro atoms. The van der Waals surface area contributed by atoms with Gasteiger partial charge in [-0.1, -0.05) is 12.1 Å². The Bertz CT molecular complexity index is 602. The van der Waals surface area contributed by atoms with Crippen molar-refractivity contribution in [3.05, 3.63) is 59.2 Å². The van der Waals surface area contributed by atoms with E-state index in [0.29, 0.717) is 16.9 Å². The molecule has 0 fully saturated rings. The van der Waals surface area contributed by atoms with Gasteiger partial charge in [0.15, 0.2) is 11.6 Å². The van der Waals surface area contributed by atoms with Gasteiger partial charge in [-0.15, -0.1) is 0 Å². The normalized spacial score (nSPS) is 10.4. The molecule has 0 saturated carbocycles. The summed E-state index contributed by atoms with van der Waals surface area (Å²) in [5.74, 6) is -0.344. The number of ether oxygens (including phenoxy) is 2. The summed E-state index contributed by atoms with van der Waals surface area (Å²) in [7, 11) is 1.40. The standard InChI is InChI=1S/C15H15F2NO2/c1-19-15-6-5-10(7-13(15)17)9-20-14-4-2-3-12(16)11(14)8-18/h2-7H,8-9,18H2,1H3. The van der Waals surface area contributed by atoms with Gasteiger partial charge in [0.2, 0.25) is 0 Å². The molecule has 2 N–H and O–H groups in total. The zero-order valence-corrected chi connectivity index (χ0v) is 11.0. The number of methoxy groups -OCH3 is 1. The smallest absolute Gasteiger partial charge is 0.165 e. The summed E-state index contributed by atoms with van der Waals surface area (Å²) in [6.07, 6.45) is 0. The van der Waals surface area contributed by atoms with Gasteiger partial charge in [-0.2, -0.15) is 0 Å². The summed E-state index contributed by atoms with van der Waals surface area (Å²) in [6, 6.07) is 9.01.